The average Bonchev–Trinajstić information content (AvgIpc) is 3.92. The van der Waals surface area contributed by atoms with Gasteiger partial charge in [-0.05, 0) is 119 Å². The number of hydrogen-bond donors (Lipinski definition) is 0. The number of furan rings is 1. The van der Waals surface area contributed by atoms with Gasteiger partial charge in [-0.15, -0.1) is 0 Å². The summed E-state index contributed by atoms with van der Waals surface area (Å²) in [5.41, 5.74) is 7.26. The van der Waals surface area contributed by atoms with Crippen LogP contribution < -0.4 is 0 Å². The molecule has 15 aromatic rings. The maximum Gasteiger partial charge on any atom is 0.166 e. The molecule has 0 aliphatic heterocycles. The molecule has 314 valence electrons. The number of benzene rings is 12. The standard InChI is InChI=1S/C63H36N4O/c1-3-15-41-35-57-54(33-39(41)13-1)51-19-9-10-20-56(51)67(57)59-53(30-29-52-55-34-40-14-2-4-16-42(40)36-58(55)68-60(52)59)63-65-61(45-25-27-49-43(31-45)23-21-37-11-5-7-17-47(37)49)64-62(66-63)46-26-28-50-44(32-46)24-22-38-12-6-8-18-48(38)50/h1-36H. The third-order valence-electron chi connectivity index (χ3n) is 14.1. The molecule has 0 aliphatic rings. The Morgan fingerprint density at radius 2 is 0.765 bits per heavy atom. The van der Waals surface area contributed by atoms with Crippen molar-refractivity contribution in [1.82, 2.24) is 19.5 Å². The van der Waals surface area contributed by atoms with Gasteiger partial charge in [-0.3, -0.25) is 0 Å². The highest BCUT2D eigenvalue weighted by molar-refractivity contribution is 6.18. The Morgan fingerprint density at radius 1 is 0.294 bits per heavy atom. The first-order valence-corrected chi connectivity index (χ1v) is 23.1. The molecular formula is C63H36N4O. The minimum atomic E-state index is 0.552. The highest BCUT2D eigenvalue weighted by Crippen LogP contribution is 2.44. The largest absolute Gasteiger partial charge is 0.454 e. The normalized spacial score (nSPS) is 12.1. The fourth-order valence-corrected chi connectivity index (χ4v) is 10.9. The smallest absolute Gasteiger partial charge is 0.166 e. The summed E-state index contributed by atoms with van der Waals surface area (Å²) in [5.74, 6) is 1.74. The number of aromatic nitrogens is 4. The van der Waals surface area contributed by atoms with Crippen molar-refractivity contribution in [2.75, 3.05) is 0 Å². The molecule has 0 atom stereocenters. The van der Waals surface area contributed by atoms with Gasteiger partial charge in [-0.2, -0.15) is 0 Å². The third kappa shape index (κ3) is 5.53. The lowest BCUT2D eigenvalue weighted by atomic mass is 9.99. The second-order valence-corrected chi connectivity index (χ2v) is 18.0. The van der Waals surface area contributed by atoms with E-state index in [1.807, 2.05) is 0 Å². The Labute approximate surface area is 388 Å². The zero-order valence-electron chi connectivity index (χ0n) is 36.5. The predicted octanol–water partition coefficient (Wildman–Crippen LogP) is 16.8. The number of para-hydroxylation sites is 1. The second-order valence-electron chi connectivity index (χ2n) is 18.0. The van der Waals surface area contributed by atoms with Crippen molar-refractivity contribution in [2.45, 2.75) is 0 Å². The molecule has 5 nitrogen and oxygen atoms in total. The fourth-order valence-electron chi connectivity index (χ4n) is 10.9. The van der Waals surface area contributed by atoms with Crippen LogP contribution in [0.3, 0.4) is 0 Å². The highest BCUT2D eigenvalue weighted by Gasteiger charge is 2.25. The quantitative estimate of drug-likeness (QED) is 0.165. The summed E-state index contributed by atoms with van der Waals surface area (Å²) in [6.45, 7) is 0. The van der Waals surface area contributed by atoms with Crippen molar-refractivity contribution in [1.29, 1.82) is 0 Å². The summed E-state index contributed by atoms with van der Waals surface area (Å²) >= 11 is 0. The zero-order chi connectivity index (χ0) is 44.5. The number of hydrogen-bond acceptors (Lipinski definition) is 4. The molecule has 0 aliphatic carbocycles. The van der Waals surface area contributed by atoms with E-state index < -0.39 is 0 Å². The van der Waals surface area contributed by atoms with E-state index in [-0.39, 0.29) is 0 Å². The molecule has 15 rings (SSSR count). The zero-order valence-corrected chi connectivity index (χ0v) is 36.5. The topological polar surface area (TPSA) is 56.7 Å². The van der Waals surface area contributed by atoms with Crippen LogP contribution in [-0.2, 0) is 0 Å². The lowest BCUT2D eigenvalue weighted by Crippen LogP contribution is -2.04. The molecule has 0 fully saturated rings. The average molecular weight is 865 g/mol. The molecule has 0 N–H and O–H groups in total. The first-order chi connectivity index (χ1) is 33.7. The first kappa shape index (κ1) is 37.1. The van der Waals surface area contributed by atoms with E-state index in [1.54, 1.807) is 0 Å². The Bertz CT molecular complexity index is 4500. The lowest BCUT2D eigenvalue weighted by Gasteiger charge is -2.16. The predicted molar refractivity (Wildman–Crippen MR) is 283 cm³/mol. The SMILES string of the molecule is c1ccc2cc3c(cc2c1)oc1c(-n2c4ccccc4c4cc5ccccc5cc42)c(-c2nc(-c4ccc5c(ccc6ccccc65)c4)nc(-c4ccc5c(ccc6ccccc65)c4)n2)ccc13. The van der Waals surface area contributed by atoms with E-state index in [2.05, 4.69) is 223 Å². The summed E-state index contributed by atoms with van der Waals surface area (Å²) in [5, 5.41) is 18.5. The van der Waals surface area contributed by atoms with Gasteiger partial charge in [-0.1, -0.05) is 164 Å². The van der Waals surface area contributed by atoms with Crippen LogP contribution in [0, 0.1) is 0 Å². The highest BCUT2D eigenvalue weighted by atomic mass is 16.3. The van der Waals surface area contributed by atoms with Crippen LogP contribution >= 0.6 is 0 Å². The van der Waals surface area contributed by atoms with Crippen molar-refractivity contribution in [3.05, 3.63) is 218 Å². The van der Waals surface area contributed by atoms with E-state index in [9.17, 15) is 0 Å². The lowest BCUT2D eigenvalue weighted by molar-refractivity contribution is 0.667. The Kier molecular flexibility index (Phi) is 7.72. The fraction of sp³-hybridized carbons (Fsp3) is 0. The minimum Gasteiger partial charge on any atom is -0.454 e. The van der Waals surface area contributed by atoms with Crippen LogP contribution in [0.1, 0.15) is 0 Å². The van der Waals surface area contributed by atoms with Crippen molar-refractivity contribution in [2.24, 2.45) is 0 Å². The van der Waals surface area contributed by atoms with Crippen molar-refractivity contribution >= 4 is 108 Å². The van der Waals surface area contributed by atoms with Gasteiger partial charge in [0.15, 0.2) is 23.1 Å². The summed E-state index contributed by atoms with van der Waals surface area (Å²) in [4.78, 5) is 16.3. The maximum atomic E-state index is 7.17. The molecule has 0 saturated heterocycles. The van der Waals surface area contributed by atoms with Gasteiger partial charge in [0.05, 0.1) is 11.0 Å². The van der Waals surface area contributed by atoms with E-state index in [1.165, 1.54) is 37.7 Å². The van der Waals surface area contributed by atoms with Gasteiger partial charge in [0.25, 0.3) is 0 Å². The summed E-state index contributed by atoms with van der Waals surface area (Å²) < 4.78 is 9.54. The van der Waals surface area contributed by atoms with Crippen molar-refractivity contribution in [3.8, 4) is 39.9 Å². The van der Waals surface area contributed by atoms with Crippen LogP contribution in [0.25, 0.3) is 148 Å². The molecule has 0 saturated carbocycles. The van der Waals surface area contributed by atoms with E-state index in [0.29, 0.717) is 17.5 Å². The first-order valence-electron chi connectivity index (χ1n) is 23.1. The Morgan fingerprint density at radius 3 is 1.40 bits per heavy atom. The van der Waals surface area contributed by atoms with Crippen LogP contribution in [-0.4, -0.2) is 19.5 Å². The van der Waals surface area contributed by atoms with E-state index >= 15 is 0 Å². The van der Waals surface area contributed by atoms with E-state index in [0.717, 1.165) is 93.1 Å². The van der Waals surface area contributed by atoms with Gasteiger partial charge in [0.1, 0.15) is 11.3 Å². The van der Waals surface area contributed by atoms with Gasteiger partial charge in [0.2, 0.25) is 0 Å². The van der Waals surface area contributed by atoms with Crippen LogP contribution in [0.15, 0.2) is 223 Å². The van der Waals surface area contributed by atoms with Crippen molar-refractivity contribution in [3.63, 3.8) is 0 Å². The van der Waals surface area contributed by atoms with Gasteiger partial charge in [-0.25, -0.2) is 15.0 Å². The molecule has 3 heterocycles. The molecular weight excluding hydrogens is 829 g/mol. The monoisotopic (exact) mass is 864 g/mol. The summed E-state index contributed by atoms with van der Waals surface area (Å²) in [7, 11) is 0. The molecule has 0 radical (unpaired) electrons. The summed E-state index contributed by atoms with van der Waals surface area (Å²) in [6.07, 6.45) is 0. The Balaban J connectivity index is 1.05. The van der Waals surface area contributed by atoms with E-state index in [4.69, 9.17) is 19.4 Å². The molecule has 12 aromatic carbocycles. The summed E-state index contributed by atoms with van der Waals surface area (Å²) in [6, 6.07) is 78.2. The van der Waals surface area contributed by atoms with Crippen molar-refractivity contribution < 1.29 is 4.42 Å². The Hall–Kier alpha value is -9.19. The molecule has 0 bridgehead atoms. The number of rotatable bonds is 4. The van der Waals surface area contributed by atoms with Gasteiger partial charge < -0.3 is 8.98 Å². The maximum absolute atomic E-state index is 7.17. The van der Waals surface area contributed by atoms with Crippen LogP contribution in [0.4, 0.5) is 0 Å². The van der Waals surface area contributed by atoms with Gasteiger partial charge >= 0.3 is 0 Å². The number of nitrogens with zero attached hydrogens (tertiary/aromatic N) is 4. The number of fused-ring (bicyclic) bond motifs is 14. The molecule has 0 spiro atoms. The van der Waals surface area contributed by atoms with Gasteiger partial charge in [0, 0.05) is 38.2 Å². The molecule has 68 heavy (non-hydrogen) atoms. The molecule has 3 aromatic heterocycles. The second kappa shape index (κ2) is 14.2. The molecule has 0 unspecified atom stereocenters. The van der Waals surface area contributed by atoms with Crippen LogP contribution in [0.2, 0.25) is 0 Å². The molecule has 5 heteroatoms. The minimum absolute atomic E-state index is 0.552. The molecule has 0 amide bonds. The van der Waals surface area contributed by atoms with Crippen LogP contribution in [0.5, 0.6) is 0 Å². The third-order valence-corrected chi connectivity index (χ3v) is 14.1.